The number of hydrogen-bond acceptors (Lipinski definition) is 4. The Morgan fingerprint density at radius 1 is 1.42 bits per heavy atom. The van der Waals surface area contributed by atoms with E-state index in [0.717, 1.165) is 11.0 Å². The summed E-state index contributed by atoms with van der Waals surface area (Å²) < 4.78 is 1.65. The SMILES string of the molecule is OCCn1ncc2cncnc21. The number of nitrogens with zero attached hydrogens (tertiary/aromatic N) is 4. The van der Waals surface area contributed by atoms with Crippen molar-refractivity contribution in [2.75, 3.05) is 6.61 Å². The summed E-state index contributed by atoms with van der Waals surface area (Å²) in [5, 5.41) is 13.6. The molecule has 0 aliphatic carbocycles. The predicted molar refractivity (Wildman–Crippen MR) is 42.4 cm³/mol. The highest BCUT2D eigenvalue weighted by atomic mass is 16.3. The molecule has 0 aromatic carbocycles. The molecule has 0 aliphatic heterocycles. The molecule has 0 unspecified atom stereocenters. The maximum absolute atomic E-state index is 8.69. The molecule has 2 aromatic heterocycles. The van der Waals surface area contributed by atoms with Crippen LogP contribution in [0.25, 0.3) is 11.0 Å². The average Bonchev–Trinajstić information content (AvgIpc) is 2.50. The minimum Gasteiger partial charge on any atom is -0.394 e. The van der Waals surface area contributed by atoms with Gasteiger partial charge < -0.3 is 5.11 Å². The third-order valence-electron chi connectivity index (χ3n) is 1.61. The van der Waals surface area contributed by atoms with Crippen LogP contribution in [0.1, 0.15) is 0 Å². The van der Waals surface area contributed by atoms with Crippen LogP contribution in [0.4, 0.5) is 0 Å². The summed E-state index contributed by atoms with van der Waals surface area (Å²) in [5.74, 6) is 0. The van der Waals surface area contributed by atoms with Gasteiger partial charge in [0, 0.05) is 6.20 Å². The predicted octanol–water partition coefficient (Wildman–Crippen LogP) is -0.181. The fraction of sp³-hybridized carbons (Fsp3) is 0.286. The van der Waals surface area contributed by atoms with E-state index < -0.39 is 0 Å². The van der Waals surface area contributed by atoms with Crippen molar-refractivity contribution in [1.82, 2.24) is 19.7 Å². The van der Waals surface area contributed by atoms with E-state index in [9.17, 15) is 0 Å². The molecule has 2 heterocycles. The van der Waals surface area contributed by atoms with Crippen LogP contribution in [0, 0.1) is 0 Å². The van der Waals surface area contributed by atoms with E-state index in [2.05, 4.69) is 15.1 Å². The Bertz CT molecular complexity index is 384. The molecule has 0 spiro atoms. The Hall–Kier alpha value is -1.49. The first-order chi connectivity index (χ1) is 5.92. The van der Waals surface area contributed by atoms with Crippen LogP contribution in [0.15, 0.2) is 18.7 Å². The van der Waals surface area contributed by atoms with Gasteiger partial charge in [0.2, 0.25) is 0 Å². The van der Waals surface area contributed by atoms with E-state index in [-0.39, 0.29) is 6.61 Å². The van der Waals surface area contributed by atoms with E-state index in [4.69, 9.17) is 5.11 Å². The van der Waals surface area contributed by atoms with Gasteiger partial charge in [0.1, 0.15) is 6.33 Å². The molecule has 0 bridgehead atoms. The fourth-order valence-electron chi connectivity index (χ4n) is 1.09. The van der Waals surface area contributed by atoms with Crippen molar-refractivity contribution in [1.29, 1.82) is 0 Å². The van der Waals surface area contributed by atoms with Gasteiger partial charge >= 0.3 is 0 Å². The maximum atomic E-state index is 8.69. The first kappa shape index (κ1) is 7.17. The average molecular weight is 164 g/mol. The van der Waals surface area contributed by atoms with Gasteiger partial charge in [-0.15, -0.1) is 0 Å². The molecule has 0 saturated carbocycles. The van der Waals surface area contributed by atoms with E-state index >= 15 is 0 Å². The molecule has 2 aromatic rings. The molecule has 0 radical (unpaired) electrons. The Morgan fingerprint density at radius 3 is 3.17 bits per heavy atom. The van der Waals surface area contributed by atoms with Gasteiger partial charge in [0.15, 0.2) is 5.65 Å². The van der Waals surface area contributed by atoms with E-state index in [1.165, 1.54) is 6.33 Å². The summed E-state index contributed by atoms with van der Waals surface area (Å²) in [4.78, 5) is 7.90. The molecule has 1 N–H and O–H groups in total. The van der Waals surface area contributed by atoms with E-state index in [1.54, 1.807) is 17.1 Å². The summed E-state index contributed by atoms with van der Waals surface area (Å²) in [7, 11) is 0. The molecule has 5 heteroatoms. The van der Waals surface area contributed by atoms with Crippen molar-refractivity contribution in [2.45, 2.75) is 6.54 Å². The topological polar surface area (TPSA) is 63.8 Å². The van der Waals surface area contributed by atoms with Crippen molar-refractivity contribution in [2.24, 2.45) is 0 Å². The van der Waals surface area contributed by atoms with Crippen LogP contribution in [0.5, 0.6) is 0 Å². The Kier molecular flexibility index (Phi) is 1.71. The third-order valence-corrected chi connectivity index (χ3v) is 1.61. The van der Waals surface area contributed by atoms with Crippen molar-refractivity contribution < 1.29 is 5.11 Å². The number of aromatic nitrogens is 4. The van der Waals surface area contributed by atoms with Crippen molar-refractivity contribution in [3.05, 3.63) is 18.7 Å². The molecular weight excluding hydrogens is 156 g/mol. The quantitative estimate of drug-likeness (QED) is 0.668. The lowest BCUT2D eigenvalue weighted by Crippen LogP contribution is -2.04. The van der Waals surface area contributed by atoms with Gasteiger partial charge in [-0.25, -0.2) is 14.6 Å². The molecule has 0 fully saturated rings. The summed E-state index contributed by atoms with van der Waals surface area (Å²) in [6, 6.07) is 0. The Balaban J connectivity index is 2.55. The molecule has 5 nitrogen and oxygen atoms in total. The number of aliphatic hydroxyl groups excluding tert-OH is 1. The van der Waals surface area contributed by atoms with Crippen LogP contribution in [-0.2, 0) is 6.54 Å². The monoisotopic (exact) mass is 164 g/mol. The molecule has 0 saturated heterocycles. The zero-order chi connectivity index (χ0) is 8.39. The highest BCUT2D eigenvalue weighted by Gasteiger charge is 2.01. The van der Waals surface area contributed by atoms with Crippen molar-refractivity contribution in [3.63, 3.8) is 0 Å². The normalized spacial score (nSPS) is 10.8. The van der Waals surface area contributed by atoms with Crippen LogP contribution in [0.2, 0.25) is 0 Å². The van der Waals surface area contributed by atoms with E-state index in [0.29, 0.717) is 6.54 Å². The lowest BCUT2D eigenvalue weighted by Gasteiger charge is -1.96. The minimum atomic E-state index is 0.0702. The second-order valence-corrected chi connectivity index (χ2v) is 2.39. The van der Waals surface area contributed by atoms with Crippen LogP contribution in [-0.4, -0.2) is 31.5 Å². The molecule has 62 valence electrons. The minimum absolute atomic E-state index is 0.0702. The first-order valence-corrected chi connectivity index (χ1v) is 3.64. The zero-order valence-electron chi connectivity index (χ0n) is 6.38. The van der Waals surface area contributed by atoms with Gasteiger partial charge in [0.05, 0.1) is 24.7 Å². The Morgan fingerprint density at radius 2 is 2.33 bits per heavy atom. The lowest BCUT2D eigenvalue weighted by molar-refractivity contribution is 0.271. The van der Waals surface area contributed by atoms with Crippen LogP contribution < -0.4 is 0 Å². The smallest absolute Gasteiger partial charge is 0.161 e. The zero-order valence-corrected chi connectivity index (χ0v) is 6.38. The van der Waals surface area contributed by atoms with Crippen molar-refractivity contribution >= 4 is 11.0 Å². The number of rotatable bonds is 2. The standard InChI is InChI=1S/C7H8N4O/c12-2-1-11-7-6(4-10-11)3-8-5-9-7/h3-5,12H,1-2H2. The molecule has 0 aliphatic rings. The molecule has 12 heavy (non-hydrogen) atoms. The fourth-order valence-corrected chi connectivity index (χ4v) is 1.09. The third kappa shape index (κ3) is 1.04. The van der Waals surface area contributed by atoms with Gasteiger partial charge in [0.25, 0.3) is 0 Å². The lowest BCUT2D eigenvalue weighted by atomic mass is 10.4. The number of hydrogen-bond donors (Lipinski definition) is 1. The summed E-state index contributed by atoms with van der Waals surface area (Å²) in [6.45, 7) is 0.543. The maximum Gasteiger partial charge on any atom is 0.161 e. The first-order valence-electron chi connectivity index (χ1n) is 3.64. The largest absolute Gasteiger partial charge is 0.394 e. The molecular formula is C7H8N4O. The summed E-state index contributed by atoms with van der Waals surface area (Å²) in [6.07, 6.45) is 4.85. The van der Waals surface area contributed by atoms with Gasteiger partial charge in [-0.2, -0.15) is 5.10 Å². The highest BCUT2D eigenvalue weighted by Crippen LogP contribution is 2.06. The van der Waals surface area contributed by atoms with Gasteiger partial charge in [-0.1, -0.05) is 0 Å². The van der Waals surface area contributed by atoms with Crippen molar-refractivity contribution in [3.8, 4) is 0 Å². The number of fused-ring (bicyclic) bond motifs is 1. The van der Waals surface area contributed by atoms with Gasteiger partial charge in [-0.3, -0.25) is 0 Å². The number of aliphatic hydroxyl groups is 1. The Labute approximate surface area is 68.7 Å². The van der Waals surface area contributed by atoms with E-state index in [1.807, 2.05) is 0 Å². The van der Waals surface area contributed by atoms with Crippen LogP contribution in [0.3, 0.4) is 0 Å². The molecule has 0 amide bonds. The highest BCUT2D eigenvalue weighted by molar-refractivity contribution is 5.72. The van der Waals surface area contributed by atoms with Gasteiger partial charge in [-0.05, 0) is 0 Å². The second-order valence-electron chi connectivity index (χ2n) is 2.39. The second kappa shape index (κ2) is 2.86. The summed E-state index contributed by atoms with van der Waals surface area (Å²) in [5.41, 5.74) is 0.763. The van der Waals surface area contributed by atoms with Crippen LogP contribution >= 0.6 is 0 Å². The summed E-state index contributed by atoms with van der Waals surface area (Å²) >= 11 is 0. The molecule has 0 atom stereocenters. The molecule has 2 rings (SSSR count).